The second-order valence-electron chi connectivity index (χ2n) is 7.77. The number of aliphatic hydroxyl groups is 1. The van der Waals surface area contributed by atoms with Crippen LogP contribution in [-0.4, -0.2) is 16.3 Å². The van der Waals surface area contributed by atoms with Crippen LogP contribution in [0.2, 0.25) is 0 Å². The van der Waals surface area contributed by atoms with Crippen LogP contribution < -0.4 is 0 Å². The number of hydrogen-bond donors (Lipinski definition) is 2. The van der Waals surface area contributed by atoms with Crippen molar-refractivity contribution in [2.75, 3.05) is 0 Å². The number of phenolic OH excluding ortho intramolecular Hbond substituents is 1. The summed E-state index contributed by atoms with van der Waals surface area (Å²) in [5, 5.41) is 20.4. The van der Waals surface area contributed by atoms with Crippen molar-refractivity contribution in [3.8, 4) is 18.1 Å². The van der Waals surface area contributed by atoms with Crippen LogP contribution in [0.5, 0.6) is 5.75 Å². The van der Waals surface area contributed by atoms with Gasteiger partial charge in [0.2, 0.25) is 0 Å². The lowest BCUT2D eigenvalue weighted by atomic mass is 9.55. The quantitative estimate of drug-likeness (QED) is 0.718. The Bertz CT molecular complexity index is 656. The zero-order valence-electron chi connectivity index (χ0n) is 13.2. The van der Waals surface area contributed by atoms with Gasteiger partial charge in [-0.25, -0.2) is 0 Å². The molecule has 0 heterocycles. The van der Waals surface area contributed by atoms with E-state index >= 15 is 0 Å². The molecule has 3 aliphatic rings. The van der Waals surface area contributed by atoms with E-state index < -0.39 is 0 Å². The highest BCUT2D eigenvalue weighted by Gasteiger charge is 2.54. The third-order valence-electron chi connectivity index (χ3n) is 6.95. The molecule has 0 radical (unpaired) electrons. The first kappa shape index (κ1) is 14.2. The van der Waals surface area contributed by atoms with Gasteiger partial charge in [-0.05, 0) is 85.0 Å². The number of aliphatic hydroxyl groups excluding tert-OH is 1. The van der Waals surface area contributed by atoms with Crippen LogP contribution in [0.1, 0.15) is 61.6 Å². The summed E-state index contributed by atoms with van der Waals surface area (Å²) in [6, 6.07) is 3.94. The number of aromatic hydroxyl groups is 1. The lowest BCUT2D eigenvalue weighted by Crippen LogP contribution is -2.43. The van der Waals surface area contributed by atoms with Crippen LogP contribution in [0, 0.1) is 29.6 Å². The molecule has 2 saturated carbocycles. The molecule has 0 spiro atoms. The molecule has 1 aromatic carbocycles. The minimum atomic E-state index is -0.124. The van der Waals surface area contributed by atoms with Crippen molar-refractivity contribution < 1.29 is 10.2 Å². The van der Waals surface area contributed by atoms with Crippen molar-refractivity contribution in [2.24, 2.45) is 17.3 Å². The van der Waals surface area contributed by atoms with E-state index in [1.165, 1.54) is 17.5 Å². The van der Waals surface area contributed by atoms with Crippen LogP contribution >= 0.6 is 0 Å². The topological polar surface area (TPSA) is 40.5 Å². The molecule has 116 valence electrons. The van der Waals surface area contributed by atoms with Crippen LogP contribution in [0.3, 0.4) is 0 Å². The lowest BCUT2D eigenvalue weighted by molar-refractivity contribution is -0.0226. The number of hydrogen-bond acceptors (Lipinski definition) is 2. The first-order valence-corrected chi connectivity index (χ1v) is 8.55. The van der Waals surface area contributed by atoms with Crippen molar-refractivity contribution in [3.05, 3.63) is 28.8 Å². The van der Waals surface area contributed by atoms with Gasteiger partial charge >= 0.3 is 0 Å². The molecule has 0 unspecified atom stereocenters. The van der Waals surface area contributed by atoms with E-state index in [9.17, 15) is 10.2 Å². The van der Waals surface area contributed by atoms with Crippen molar-refractivity contribution in [1.29, 1.82) is 0 Å². The summed E-state index contributed by atoms with van der Waals surface area (Å²) in [5.74, 6) is 4.72. The fourth-order valence-corrected chi connectivity index (χ4v) is 5.70. The molecule has 2 heteroatoms. The van der Waals surface area contributed by atoms with Gasteiger partial charge in [-0.1, -0.05) is 12.8 Å². The largest absolute Gasteiger partial charge is 0.507 e. The molecule has 2 nitrogen and oxygen atoms in total. The first-order valence-electron chi connectivity index (χ1n) is 8.55. The number of phenols is 1. The molecule has 2 N–H and O–H groups in total. The normalized spacial score (nSPS) is 39.5. The molecule has 3 aliphatic carbocycles. The molecule has 0 amide bonds. The van der Waals surface area contributed by atoms with Gasteiger partial charge in [0, 0.05) is 0 Å². The average molecular weight is 296 g/mol. The maximum Gasteiger partial charge on any atom is 0.131 e. The number of terminal acetylenes is 1. The summed E-state index contributed by atoms with van der Waals surface area (Å²) in [4.78, 5) is 0. The first-order chi connectivity index (χ1) is 10.5. The second-order valence-corrected chi connectivity index (χ2v) is 7.77. The third-order valence-corrected chi connectivity index (χ3v) is 6.95. The summed E-state index contributed by atoms with van der Waals surface area (Å²) in [6.07, 6.45) is 12.0. The van der Waals surface area contributed by atoms with Gasteiger partial charge in [-0.15, -0.1) is 6.42 Å². The summed E-state index contributed by atoms with van der Waals surface area (Å²) in [6.45, 7) is 2.30. The van der Waals surface area contributed by atoms with Crippen LogP contribution in [0.25, 0.3) is 0 Å². The Labute approximate surface area is 132 Å². The molecule has 0 bridgehead atoms. The Balaban J connectivity index is 1.74. The van der Waals surface area contributed by atoms with Crippen molar-refractivity contribution in [3.63, 3.8) is 0 Å². The number of benzene rings is 1. The molecular formula is C20H24O2. The van der Waals surface area contributed by atoms with E-state index in [-0.39, 0.29) is 17.3 Å². The monoisotopic (exact) mass is 296 g/mol. The minimum Gasteiger partial charge on any atom is -0.507 e. The lowest BCUT2D eigenvalue weighted by Gasteiger charge is -2.50. The van der Waals surface area contributed by atoms with Gasteiger partial charge in [-0.3, -0.25) is 0 Å². The van der Waals surface area contributed by atoms with Gasteiger partial charge in [0.1, 0.15) is 5.75 Å². The SMILES string of the molecule is C#Cc1cc2c(cc1O)CC[C@@H]1[C@@H]2CC[C@]2(C)[C@@H](O)CC[C@@H]12. The Kier molecular flexibility index (Phi) is 3.07. The van der Waals surface area contributed by atoms with E-state index in [0.29, 0.717) is 23.3 Å². The molecule has 4 rings (SSSR count). The number of aryl methyl sites for hydroxylation is 1. The Morgan fingerprint density at radius 1 is 1.23 bits per heavy atom. The fourth-order valence-electron chi connectivity index (χ4n) is 5.70. The molecule has 0 aliphatic heterocycles. The van der Waals surface area contributed by atoms with Crippen molar-refractivity contribution >= 4 is 0 Å². The minimum absolute atomic E-state index is 0.116. The summed E-state index contributed by atoms with van der Waals surface area (Å²) < 4.78 is 0. The molecule has 22 heavy (non-hydrogen) atoms. The maximum atomic E-state index is 10.4. The van der Waals surface area contributed by atoms with Crippen LogP contribution in [0.4, 0.5) is 0 Å². The summed E-state index contributed by atoms with van der Waals surface area (Å²) in [5.41, 5.74) is 3.38. The molecule has 1 aromatic rings. The van der Waals surface area contributed by atoms with Crippen LogP contribution in [0.15, 0.2) is 12.1 Å². The highest BCUT2D eigenvalue weighted by molar-refractivity contribution is 5.51. The Morgan fingerprint density at radius 3 is 2.82 bits per heavy atom. The Morgan fingerprint density at radius 2 is 2.05 bits per heavy atom. The number of fused-ring (bicyclic) bond motifs is 5. The van der Waals surface area contributed by atoms with E-state index in [1.54, 1.807) is 0 Å². The van der Waals surface area contributed by atoms with Crippen molar-refractivity contribution in [1.82, 2.24) is 0 Å². The van der Waals surface area contributed by atoms with Gasteiger partial charge in [0.15, 0.2) is 0 Å². The van der Waals surface area contributed by atoms with E-state index in [1.807, 2.05) is 6.07 Å². The molecular weight excluding hydrogens is 272 g/mol. The van der Waals surface area contributed by atoms with Gasteiger partial charge in [0.05, 0.1) is 11.7 Å². The Hall–Kier alpha value is -1.46. The molecule has 5 atom stereocenters. The summed E-state index contributed by atoms with van der Waals surface area (Å²) >= 11 is 0. The van der Waals surface area contributed by atoms with Gasteiger partial charge in [0.25, 0.3) is 0 Å². The smallest absolute Gasteiger partial charge is 0.131 e. The molecule has 0 aromatic heterocycles. The molecule has 2 fully saturated rings. The third kappa shape index (κ3) is 1.78. The number of rotatable bonds is 0. The van der Waals surface area contributed by atoms with E-state index in [2.05, 4.69) is 18.9 Å². The molecule has 0 saturated heterocycles. The fraction of sp³-hybridized carbons (Fsp3) is 0.600. The standard InChI is InChI=1S/C20H24O2/c1-3-12-10-16-13(11-18(12)21)4-5-15-14(16)8-9-20(2)17(15)6-7-19(20)22/h1,10-11,14-15,17,19,21-22H,4-9H2,2H3/t14-,15+,17-,19-,20-/m0/s1. The van der Waals surface area contributed by atoms with Gasteiger partial charge in [-0.2, -0.15) is 0 Å². The predicted molar refractivity (Wildman–Crippen MR) is 86.7 cm³/mol. The van der Waals surface area contributed by atoms with E-state index in [4.69, 9.17) is 6.42 Å². The average Bonchev–Trinajstić information content (AvgIpc) is 2.82. The van der Waals surface area contributed by atoms with Crippen LogP contribution in [-0.2, 0) is 6.42 Å². The van der Waals surface area contributed by atoms with E-state index in [0.717, 1.165) is 32.1 Å². The zero-order chi connectivity index (χ0) is 15.5. The maximum absolute atomic E-state index is 10.4. The van der Waals surface area contributed by atoms with Crippen molar-refractivity contribution in [2.45, 2.75) is 57.5 Å². The predicted octanol–water partition coefficient (Wildman–Crippen LogP) is 3.59. The second kappa shape index (κ2) is 4.77. The highest BCUT2D eigenvalue weighted by atomic mass is 16.3. The summed E-state index contributed by atoms with van der Waals surface area (Å²) in [7, 11) is 0. The highest BCUT2D eigenvalue weighted by Crippen LogP contribution is 2.61. The van der Waals surface area contributed by atoms with Gasteiger partial charge < -0.3 is 10.2 Å². The zero-order valence-corrected chi connectivity index (χ0v) is 13.2.